The lowest BCUT2D eigenvalue weighted by Gasteiger charge is -2.33. The Balaban J connectivity index is 1.44. The molecule has 1 heterocycles. The Morgan fingerprint density at radius 2 is 2.05 bits per heavy atom. The van der Waals surface area contributed by atoms with Crippen LogP contribution < -0.4 is 14.8 Å². The van der Waals surface area contributed by atoms with E-state index in [0.29, 0.717) is 6.04 Å². The van der Waals surface area contributed by atoms with Crippen molar-refractivity contribution < 1.29 is 9.47 Å². The Morgan fingerprint density at radius 3 is 2.80 bits per heavy atom. The molecule has 110 valence electrons. The number of para-hydroxylation sites is 2. The van der Waals surface area contributed by atoms with Crippen molar-refractivity contribution in [3.05, 3.63) is 24.3 Å². The molecule has 1 aromatic carbocycles. The predicted octanol–water partition coefficient (Wildman–Crippen LogP) is 1.76. The van der Waals surface area contributed by atoms with E-state index in [-0.39, 0.29) is 0 Å². The fourth-order valence-electron chi connectivity index (χ4n) is 2.88. The first kappa shape index (κ1) is 13.7. The molecule has 4 heteroatoms. The van der Waals surface area contributed by atoms with E-state index in [9.17, 15) is 0 Å². The molecule has 0 radical (unpaired) electrons. The summed E-state index contributed by atoms with van der Waals surface area (Å²) in [6.07, 6.45) is 2.81. The Hall–Kier alpha value is -1.26. The number of methoxy groups -OCH3 is 1. The van der Waals surface area contributed by atoms with Crippen molar-refractivity contribution in [2.45, 2.75) is 18.9 Å². The maximum Gasteiger partial charge on any atom is 0.161 e. The van der Waals surface area contributed by atoms with Gasteiger partial charge in [0.05, 0.1) is 7.11 Å². The number of rotatable bonds is 6. The molecule has 0 amide bonds. The molecule has 1 aromatic rings. The number of piperazine rings is 1. The molecule has 1 N–H and O–H groups in total. The maximum absolute atomic E-state index is 5.86. The standard InChI is InChI=1S/C16H24N2O2/c1-19-15-4-2-3-5-16(15)20-11-10-18-9-8-17-14(12-18)13-6-7-13/h2-5,13-14,17H,6-12H2,1H3. The quantitative estimate of drug-likeness (QED) is 0.858. The molecule has 2 fully saturated rings. The van der Waals surface area contributed by atoms with Crippen LogP contribution in [0.2, 0.25) is 0 Å². The highest BCUT2D eigenvalue weighted by atomic mass is 16.5. The summed E-state index contributed by atoms with van der Waals surface area (Å²) in [5, 5.41) is 3.63. The van der Waals surface area contributed by atoms with Gasteiger partial charge < -0.3 is 14.8 Å². The van der Waals surface area contributed by atoms with Gasteiger partial charge in [0, 0.05) is 32.2 Å². The number of ether oxygens (including phenoxy) is 2. The van der Waals surface area contributed by atoms with E-state index in [4.69, 9.17) is 9.47 Å². The summed E-state index contributed by atoms with van der Waals surface area (Å²) >= 11 is 0. The van der Waals surface area contributed by atoms with Crippen molar-refractivity contribution in [2.24, 2.45) is 5.92 Å². The molecule has 1 aliphatic carbocycles. The van der Waals surface area contributed by atoms with Crippen LogP contribution in [0, 0.1) is 5.92 Å². The fourth-order valence-corrected chi connectivity index (χ4v) is 2.88. The molecule has 3 rings (SSSR count). The van der Waals surface area contributed by atoms with E-state index in [1.54, 1.807) is 7.11 Å². The van der Waals surface area contributed by atoms with E-state index < -0.39 is 0 Å². The van der Waals surface area contributed by atoms with Gasteiger partial charge in [-0.2, -0.15) is 0 Å². The van der Waals surface area contributed by atoms with Crippen LogP contribution in [0.4, 0.5) is 0 Å². The number of hydrogen-bond acceptors (Lipinski definition) is 4. The van der Waals surface area contributed by atoms with Crippen LogP contribution >= 0.6 is 0 Å². The number of hydrogen-bond donors (Lipinski definition) is 1. The first-order valence-electron chi connectivity index (χ1n) is 7.58. The number of nitrogens with zero attached hydrogens (tertiary/aromatic N) is 1. The van der Waals surface area contributed by atoms with Crippen molar-refractivity contribution in [1.29, 1.82) is 0 Å². The second kappa shape index (κ2) is 6.46. The zero-order valence-corrected chi connectivity index (χ0v) is 12.2. The van der Waals surface area contributed by atoms with Gasteiger partial charge in [-0.3, -0.25) is 4.90 Å². The third-order valence-electron chi connectivity index (χ3n) is 4.21. The third kappa shape index (κ3) is 3.44. The van der Waals surface area contributed by atoms with Crippen LogP contribution in [0.5, 0.6) is 11.5 Å². The minimum atomic E-state index is 0.704. The zero-order chi connectivity index (χ0) is 13.8. The van der Waals surface area contributed by atoms with Crippen LogP contribution in [0.25, 0.3) is 0 Å². The fraction of sp³-hybridized carbons (Fsp3) is 0.625. The largest absolute Gasteiger partial charge is 0.493 e. The predicted molar refractivity (Wildman–Crippen MR) is 79.4 cm³/mol. The van der Waals surface area contributed by atoms with Crippen LogP contribution in [-0.4, -0.2) is 50.8 Å². The van der Waals surface area contributed by atoms with Crippen LogP contribution in [0.3, 0.4) is 0 Å². The lowest BCUT2D eigenvalue weighted by Crippen LogP contribution is -2.52. The van der Waals surface area contributed by atoms with Crippen LogP contribution in [0.1, 0.15) is 12.8 Å². The average Bonchev–Trinajstić information content (AvgIpc) is 3.33. The highest BCUT2D eigenvalue weighted by molar-refractivity contribution is 5.39. The van der Waals surface area contributed by atoms with Crippen LogP contribution in [-0.2, 0) is 0 Å². The molecule has 0 aromatic heterocycles. The summed E-state index contributed by atoms with van der Waals surface area (Å²) in [6, 6.07) is 8.54. The van der Waals surface area contributed by atoms with Gasteiger partial charge in [-0.25, -0.2) is 0 Å². The van der Waals surface area contributed by atoms with E-state index in [1.807, 2.05) is 24.3 Å². The molecule has 1 saturated carbocycles. The molecule has 1 atom stereocenters. The van der Waals surface area contributed by atoms with E-state index in [0.717, 1.165) is 43.7 Å². The van der Waals surface area contributed by atoms with Gasteiger partial charge in [0.1, 0.15) is 6.61 Å². The lowest BCUT2D eigenvalue weighted by atomic mass is 10.1. The van der Waals surface area contributed by atoms with Crippen molar-refractivity contribution in [3.8, 4) is 11.5 Å². The Bertz CT molecular complexity index is 434. The highest BCUT2D eigenvalue weighted by Crippen LogP contribution is 2.33. The molecular formula is C16H24N2O2. The molecule has 20 heavy (non-hydrogen) atoms. The highest BCUT2D eigenvalue weighted by Gasteiger charge is 2.33. The van der Waals surface area contributed by atoms with Gasteiger partial charge in [0.25, 0.3) is 0 Å². The Labute approximate surface area is 121 Å². The molecule has 1 unspecified atom stereocenters. The number of benzene rings is 1. The van der Waals surface area contributed by atoms with Gasteiger partial charge in [0.15, 0.2) is 11.5 Å². The topological polar surface area (TPSA) is 33.7 Å². The first-order chi connectivity index (χ1) is 9.86. The second-order valence-corrected chi connectivity index (χ2v) is 5.70. The monoisotopic (exact) mass is 276 g/mol. The molecule has 0 bridgehead atoms. The Kier molecular flexibility index (Phi) is 4.43. The lowest BCUT2D eigenvalue weighted by molar-refractivity contribution is 0.156. The van der Waals surface area contributed by atoms with Gasteiger partial charge in [-0.05, 0) is 30.9 Å². The molecule has 1 saturated heterocycles. The van der Waals surface area contributed by atoms with Crippen molar-refractivity contribution >= 4 is 0 Å². The molecule has 4 nitrogen and oxygen atoms in total. The number of nitrogens with one attached hydrogen (secondary N) is 1. The van der Waals surface area contributed by atoms with Crippen molar-refractivity contribution in [3.63, 3.8) is 0 Å². The molecule has 1 aliphatic heterocycles. The Morgan fingerprint density at radius 1 is 1.25 bits per heavy atom. The summed E-state index contributed by atoms with van der Waals surface area (Å²) in [5.74, 6) is 2.57. The van der Waals surface area contributed by atoms with E-state index in [2.05, 4.69) is 10.2 Å². The SMILES string of the molecule is COc1ccccc1OCCN1CCNC(C2CC2)C1. The smallest absolute Gasteiger partial charge is 0.161 e. The van der Waals surface area contributed by atoms with E-state index in [1.165, 1.54) is 19.4 Å². The van der Waals surface area contributed by atoms with Crippen molar-refractivity contribution in [1.82, 2.24) is 10.2 Å². The minimum absolute atomic E-state index is 0.704. The van der Waals surface area contributed by atoms with Crippen LogP contribution in [0.15, 0.2) is 24.3 Å². The van der Waals surface area contributed by atoms with Crippen molar-refractivity contribution in [2.75, 3.05) is 39.9 Å². The molecule has 2 aliphatic rings. The summed E-state index contributed by atoms with van der Waals surface area (Å²) in [7, 11) is 1.68. The summed E-state index contributed by atoms with van der Waals surface area (Å²) in [6.45, 7) is 5.11. The first-order valence-corrected chi connectivity index (χ1v) is 7.58. The second-order valence-electron chi connectivity index (χ2n) is 5.70. The molecule has 0 spiro atoms. The normalized spacial score (nSPS) is 23.6. The van der Waals surface area contributed by atoms with Gasteiger partial charge in [-0.15, -0.1) is 0 Å². The molecular weight excluding hydrogens is 252 g/mol. The maximum atomic E-state index is 5.86. The third-order valence-corrected chi connectivity index (χ3v) is 4.21. The van der Waals surface area contributed by atoms with Gasteiger partial charge in [0.2, 0.25) is 0 Å². The summed E-state index contributed by atoms with van der Waals surface area (Å²) < 4.78 is 11.2. The minimum Gasteiger partial charge on any atom is -0.493 e. The van der Waals surface area contributed by atoms with E-state index >= 15 is 0 Å². The summed E-state index contributed by atoms with van der Waals surface area (Å²) in [4.78, 5) is 2.51. The average molecular weight is 276 g/mol. The van der Waals surface area contributed by atoms with Gasteiger partial charge >= 0.3 is 0 Å². The zero-order valence-electron chi connectivity index (χ0n) is 12.2. The summed E-state index contributed by atoms with van der Waals surface area (Å²) in [5.41, 5.74) is 0. The van der Waals surface area contributed by atoms with Gasteiger partial charge in [-0.1, -0.05) is 12.1 Å².